The topological polar surface area (TPSA) is 64.6 Å². The molecule has 1 fully saturated rings. The van der Waals surface area contributed by atoms with Gasteiger partial charge < -0.3 is 20.6 Å². The van der Waals surface area contributed by atoms with Crippen molar-refractivity contribution in [3.8, 4) is 0 Å². The number of amides is 2. The van der Waals surface area contributed by atoms with E-state index in [-0.39, 0.29) is 12.1 Å². The van der Waals surface area contributed by atoms with Gasteiger partial charge in [-0.3, -0.25) is 0 Å². The first-order valence-electron chi connectivity index (χ1n) is 5.06. The standard InChI is InChI=1S/C9H19N3O2/c1-3-4-11-9(14)12(2)7-5-10-6-8(7)13/h7-8,10,13H,3-6H2,1-2H3,(H,11,14). The van der Waals surface area contributed by atoms with Crippen LogP contribution in [0.25, 0.3) is 0 Å². The first-order chi connectivity index (χ1) is 6.66. The zero-order valence-corrected chi connectivity index (χ0v) is 8.79. The van der Waals surface area contributed by atoms with Gasteiger partial charge in [0.15, 0.2) is 0 Å². The fraction of sp³-hybridized carbons (Fsp3) is 0.889. The summed E-state index contributed by atoms with van der Waals surface area (Å²) in [6, 6.07) is -0.216. The molecular weight excluding hydrogens is 182 g/mol. The van der Waals surface area contributed by atoms with Gasteiger partial charge in [-0.1, -0.05) is 6.92 Å². The van der Waals surface area contributed by atoms with Gasteiger partial charge in [0.1, 0.15) is 0 Å². The highest BCUT2D eigenvalue weighted by molar-refractivity contribution is 5.74. The molecule has 1 aliphatic rings. The van der Waals surface area contributed by atoms with Crippen LogP contribution in [-0.2, 0) is 0 Å². The Morgan fingerprint density at radius 1 is 1.64 bits per heavy atom. The van der Waals surface area contributed by atoms with E-state index in [1.807, 2.05) is 6.92 Å². The zero-order valence-electron chi connectivity index (χ0n) is 8.79. The van der Waals surface area contributed by atoms with E-state index in [2.05, 4.69) is 10.6 Å². The summed E-state index contributed by atoms with van der Waals surface area (Å²) < 4.78 is 0. The van der Waals surface area contributed by atoms with Crippen LogP contribution in [0.1, 0.15) is 13.3 Å². The second kappa shape index (κ2) is 5.17. The highest BCUT2D eigenvalue weighted by Crippen LogP contribution is 2.07. The summed E-state index contributed by atoms with van der Waals surface area (Å²) in [5, 5.41) is 15.4. The molecule has 1 heterocycles. The molecule has 2 amide bonds. The van der Waals surface area contributed by atoms with E-state index in [1.165, 1.54) is 0 Å². The molecule has 1 rings (SSSR count). The highest BCUT2D eigenvalue weighted by Gasteiger charge is 2.30. The molecule has 1 saturated heterocycles. The Morgan fingerprint density at radius 3 is 2.86 bits per heavy atom. The Hall–Kier alpha value is -0.810. The van der Waals surface area contributed by atoms with Crippen LogP contribution in [0.5, 0.6) is 0 Å². The SMILES string of the molecule is CCCNC(=O)N(C)C1CNCC1O. The van der Waals surface area contributed by atoms with Crippen LogP contribution in [0, 0.1) is 0 Å². The molecule has 5 nitrogen and oxygen atoms in total. The van der Waals surface area contributed by atoms with Crippen molar-refractivity contribution in [2.45, 2.75) is 25.5 Å². The van der Waals surface area contributed by atoms with Crippen LogP contribution < -0.4 is 10.6 Å². The van der Waals surface area contributed by atoms with Gasteiger partial charge in [0, 0.05) is 26.7 Å². The van der Waals surface area contributed by atoms with E-state index in [0.29, 0.717) is 19.6 Å². The molecule has 0 radical (unpaired) electrons. The molecule has 5 heteroatoms. The van der Waals surface area contributed by atoms with Crippen molar-refractivity contribution >= 4 is 6.03 Å². The van der Waals surface area contributed by atoms with E-state index in [1.54, 1.807) is 11.9 Å². The fourth-order valence-electron chi connectivity index (χ4n) is 1.55. The van der Waals surface area contributed by atoms with Crippen LogP contribution >= 0.6 is 0 Å². The second-order valence-electron chi connectivity index (χ2n) is 3.64. The summed E-state index contributed by atoms with van der Waals surface area (Å²) in [6.07, 6.45) is 0.470. The molecule has 0 saturated carbocycles. The number of urea groups is 1. The van der Waals surface area contributed by atoms with E-state index in [0.717, 1.165) is 6.42 Å². The maximum atomic E-state index is 11.5. The van der Waals surface area contributed by atoms with Gasteiger partial charge in [-0.05, 0) is 6.42 Å². The third kappa shape index (κ3) is 2.59. The molecule has 1 aliphatic heterocycles. The minimum atomic E-state index is -0.452. The van der Waals surface area contributed by atoms with Crippen LogP contribution in [0.3, 0.4) is 0 Å². The highest BCUT2D eigenvalue weighted by atomic mass is 16.3. The van der Waals surface area contributed by atoms with Crippen LogP contribution in [-0.4, -0.2) is 54.9 Å². The van der Waals surface area contributed by atoms with E-state index < -0.39 is 6.10 Å². The van der Waals surface area contributed by atoms with Crippen molar-refractivity contribution in [2.24, 2.45) is 0 Å². The molecule has 82 valence electrons. The van der Waals surface area contributed by atoms with Gasteiger partial charge in [0.2, 0.25) is 0 Å². The molecule has 2 atom stereocenters. The fourth-order valence-corrected chi connectivity index (χ4v) is 1.55. The lowest BCUT2D eigenvalue weighted by Gasteiger charge is -2.26. The monoisotopic (exact) mass is 201 g/mol. The number of carbonyl (C=O) groups excluding carboxylic acids is 1. The maximum Gasteiger partial charge on any atom is 0.317 e. The predicted octanol–water partition coefficient (Wildman–Crippen LogP) is -0.629. The van der Waals surface area contributed by atoms with Crippen molar-refractivity contribution < 1.29 is 9.90 Å². The van der Waals surface area contributed by atoms with Crippen molar-refractivity contribution in [3.63, 3.8) is 0 Å². The number of hydrogen-bond acceptors (Lipinski definition) is 3. The van der Waals surface area contributed by atoms with Crippen molar-refractivity contribution in [2.75, 3.05) is 26.7 Å². The van der Waals surface area contributed by atoms with Gasteiger partial charge >= 0.3 is 6.03 Å². The van der Waals surface area contributed by atoms with Gasteiger partial charge in [0.25, 0.3) is 0 Å². The lowest BCUT2D eigenvalue weighted by molar-refractivity contribution is 0.110. The molecule has 0 aromatic carbocycles. The Morgan fingerprint density at radius 2 is 2.36 bits per heavy atom. The lowest BCUT2D eigenvalue weighted by atomic mass is 10.2. The van der Waals surface area contributed by atoms with E-state index >= 15 is 0 Å². The number of β-amino-alcohol motifs (C(OH)–C–C–N with tert-alkyl or cyclic N) is 1. The normalized spacial score (nSPS) is 26.2. The Balaban J connectivity index is 2.39. The number of likely N-dealkylation sites (N-methyl/N-ethyl adjacent to an activating group) is 1. The molecule has 2 unspecified atom stereocenters. The van der Waals surface area contributed by atoms with Gasteiger partial charge in [-0.2, -0.15) is 0 Å². The van der Waals surface area contributed by atoms with Crippen molar-refractivity contribution in [3.05, 3.63) is 0 Å². The number of aliphatic hydroxyl groups is 1. The molecule has 3 N–H and O–H groups in total. The number of hydrogen-bond donors (Lipinski definition) is 3. The first kappa shape index (κ1) is 11.3. The van der Waals surface area contributed by atoms with Gasteiger partial charge in [-0.25, -0.2) is 4.79 Å². The average Bonchev–Trinajstić information content (AvgIpc) is 2.59. The largest absolute Gasteiger partial charge is 0.390 e. The second-order valence-corrected chi connectivity index (χ2v) is 3.64. The average molecular weight is 201 g/mol. The lowest BCUT2D eigenvalue weighted by Crippen LogP contribution is -2.48. The number of nitrogens with one attached hydrogen (secondary N) is 2. The Kier molecular flexibility index (Phi) is 4.16. The molecule has 0 aliphatic carbocycles. The summed E-state index contributed by atoms with van der Waals surface area (Å²) in [7, 11) is 1.71. The van der Waals surface area contributed by atoms with Gasteiger partial charge in [-0.15, -0.1) is 0 Å². The summed E-state index contributed by atoms with van der Waals surface area (Å²) in [5.41, 5.74) is 0. The number of aliphatic hydroxyl groups excluding tert-OH is 1. The molecular formula is C9H19N3O2. The third-order valence-electron chi connectivity index (χ3n) is 2.50. The van der Waals surface area contributed by atoms with Crippen LogP contribution in [0.2, 0.25) is 0 Å². The summed E-state index contributed by atoms with van der Waals surface area (Å²) in [5.74, 6) is 0. The summed E-state index contributed by atoms with van der Waals surface area (Å²) >= 11 is 0. The number of nitrogens with zero attached hydrogens (tertiary/aromatic N) is 1. The minimum Gasteiger partial charge on any atom is -0.390 e. The molecule has 14 heavy (non-hydrogen) atoms. The van der Waals surface area contributed by atoms with E-state index in [9.17, 15) is 9.90 Å². The Labute approximate surface area is 84.5 Å². The number of rotatable bonds is 3. The number of carbonyl (C=O) groups is 1. The molecule has 0 bridgehead atoms. The summed E-state index contributed by atoms with van der Waals surface area (Å²) in [4.78, 5) is 13.1. The maximum absolute atomic E-state index is 11.5. The van der Waals surface area contributed by atoms with Crippen molar-refractivity contribution in [1.82, 2.24) is 15.5 Å². The summed E-state index contributed by atoms with van der Waals surface area (Å²) in [6.45, 7) is 3.92. The Bertz CT molecular complexity index is 198. The zero-order chi connectivity index (χ0) is 10.6. The van der Waals surface area contributed by atoms with Crippen molar-refractivity contribution in [1.29, 1.82) is 0 Å². The van der Waals surface area contributed by atoms with Gasteiger partial charge in [0.05, 0.1) is 12.1 Å². The van der Waals surface area contributed by atoms with E-state index in [4.69, 9.17) is 0 Å². The smallest absolute Gasteiger partial charge is 0.317 e. The minimum absolute atomic E-state index is 0.105. The van der Waals surface area contributed by atoms with Crippen LogP contribution in [0.4, 0.5) is 4.79 Å². The molecule has 0 spiro atoms. The quantitative estimate of drug-likeness (QED) is 0.569. The third-order valence-corrected chi connectivity index (χ3v) is 2.50. The van der Waals surface area contributed by atoms with Crippen LogP contribution in [0.15, 0.2) is 0 Å². The molecule has 0 aromatic heterocycles. The first-order valence-corrected chi connectivity index (χ1v) is 5.06. The molecule has 0 aromatic rings. The predicted molar refractivity (Wildman–Crippen MR) is 54.1 cm³/mol.